The summed E-state index contributed by atoms with van der Waals surface area (Å²) in [6.45, 7) is 2.33. The van der Waals surface area contributed by atoms with Gasteiger partial charge in [-0.15, -0.1) is 11.3 Å². The van der Waals surface area contributed by atoms with Crippen LogP contribution in [0.4, 0.5) is 0 Å². The van der Waals surface area contributed by atoms with Crippen molar-refractivity contribution in [1.82, 2.24) is 4.98 Å². The first-order valence-electron chi connectivity index (χ1n) is 6.76. The van der Waals surface area contributed by atoms with Crippen molar-refractivity contribution in [2.75, 3.05) is 7.11 Å². The number of hydrogen-bond donors (Lipinski definition) is 0. The first-order valence-corrected chi connectivity index (χ1v) is 7.64. The molecule has 0 radical (unpaired) electrons. The molecular weight excluding hydrogens is 302 g/mol. The molecule has 3 rings (SSSR count). The van der Waals surface area contributed by atoms with E-state index in [0.717, 1.165) is 16.1 Å². The van der Waals surface area contributed by atoms with E-state index in [2.05, 4.69) is 4.98 Å². The Morgan fingerprint density at radius 3 is 2.86 bits per heavy atom. The van der Waals surface area contributed by atoms with Crippen LogP contribution >= 0.6 is 11.3 Å². The number of hydrogen-bond acceptors (Lipinski definition) is 6. The molecule has 6 heteroatoms. The first-order chi connectivity index (χ1) is 10.7. The summed E-state index contributed by atoms with van der Waals surface area (Å²) in [6, 6.07) is 7.46. The fourth-order valence-corrected chi connectivity index (χ4v) is 2.83. The molecule has 0 spiro atoms. The van der Waals surface area contributed by atoms with E-state index in [1.807, 2.05) is 36.6 Å². The zero-order chi connectivity index (χ0) is 15.5. The second-order valence-corrected chi connectivity index (χ2v) is 5.84. The van der Waals surface area contributed by atoms with Gasteiger partial charge in [0.15, 0.2) is 0 Å². The van der Waals surface area contributed by atoms with Crippen molar-refractivity contribution in [3.05, 3.63) is 51.7 Å². The normalized spacial score (nSPS) is 11.0. The van der Waals surface area contributed by atoms with Gasteiger partial charge in [0.05, 0.1) is 17.3 Å². The highest BCUT2D eigenvalue weighted by molar-refractivity contribution is 7.09. The minimum atomic E-state index is -0.506. The summed E-state index contributed by atoms with van der Waals surface area (Å²) < 4.78 is 16.1. The second-order valence-electron chi connectivity index (χ2n) is 4.77. The molecule has 0 aliphatic heterocycles. The number of carbonyl (C=O) groups excluding carboxylic acids is 1. The van der Waals surface area contributed by atoms with Crippen molar-refractivity contribution in [2.24, 2.45) is 0 Å². The number of aryl methyl sites for hydroxylation is 1. The predicted molar refractivity (Wildman–Crippen MR) is 82.9 cm³/mol. The number of aromatic nitrogens is 1. The molecule has 1 aromatic carbocycles. The summed E-state index contributed by atoms with van der Waals surface area (Å²) in [6.07, 6.45) is 0. The van der Waals surface area contributed by atoms with Gasteiger partial charge >= 0.3 is 5.97 Å². The smallest absolute Gasteiger partial charge is 0.375 e. The molecule has 3 aromatic rings. The number of ether oxygens (including phenoxy) is 2. The van der Waals surface area contributed by atoms with Crippen molar-refractivity contribution >= 4 is 28.3 Å². The average molecular weight is 317 g/mol. The number of nitrogens with zero attached hydrogens (tertiary/aromatic N) is 1. The zero-order valence-corrected chi connectivity index (χ0v) is 13.1. The Hall–Kier alpha value is -2.18. The molecule has 0 saturated carbocycles. The number of fused-ring (bicyclic) bond motifs is 1. The van der Waals surface area contributed by atoms with Gasteiger partial charge in [-0.05, 0) is 13.0 Å². The number of thiazole rings is 1. The monoisotopic (exact) mass is 317 g/mol. The molecule has 0 atom stereocenters. The molecule has 0 saturated heterocycles. The Balaban J connectivity index is 1.84. The van der Waals surface area contributed by atoms with Crippen LogP contribution in [0.2, 0.25) is 0 Å². The second kappa shape index (κ2) is 6.29. The molecular formula is C16H15NO4S. The average Bonchev–Trinajstić information content (AvgIpc) is 3.10. The maximum Gasteiger partial charge on any atom is 0.375 e. The van der Waals surface area contributed by atoms with Crippen molar-refractivity contribution < 1.29 is 18.7 Å². The van der Waals surface area contributed by atoms with E-state index in [0.29, 0.717) is 11.1 Å². The van der Waals surface area contributed by atoms with Gasteiger partial charge in [-0.2, -0.15) is 0 Å². The third kappa shape index (κ3) is 2.88. The highest BCUT2D eigenvalue weighted by Gasteiger charge is 2.21. The molecule has 22 heavy (non-hydrogen) atoms. The maximum absolute atomic E-state index is 12.3. The summed E-state index contributed by atoms with van der Waals surface area (Å²) in [5, 5.41) is 3.67. The molecule has 0 unspecified atom stereocenters. The van der Waals surface area contributed by atoms with Gasteiger partial charge < -0.3 is 13.9 Å². The molecule has 114 valence electrons. The van der Waals surface area contributed by atoms with Crippen LogP contribution in [0, 0.1) is 6.92 Å². The lowest BCUT2D eigenvalue weighted by Crippen LogP contribution is -2.07. The van der Waals surface area contributed by atoms with Crippen LogP contribution in [0.1, 0.15) is 26.8 Å². The Kier molecular flexibility index (Phi) is 4.22. The molecule has 0 aliphatic carbocycles. The topological polar surface area (TPSA) is 61.6 Å². The number of carbonyl (C=O) groups is 1. The quantitative estimate of drug-likeness (QED) is 0.671. The molecule has 2 aromatic heterocycles. The van der Waals surface area contributed by atoms with Crippen molar-refractivity contribution in [3.63, 3.8) is 0 Å². The Bertz CT molecular complexity index is 805. The standard InChI is InChI=1S/C16H15NO4S/c1-10-17-11(9-22-10)7-20-16(18)15-13(8-19-2)12-5-3-4-6-14(12)21-15/h3-6,9H,7-8H2,1-2H3. The van der Waals surface area contributed by atoms with E-state index in [1.54, 1.807) is 7.11 Å². The van der Waals surface area contributed by atoms with Crippen molar-refractivity contribution in [2.45, 2.75) is 20.1 Å². The minimum Gasteiger partial charge on any atom is -0.453 e. The third-order valence-electron chi connectivity index (χ3n) is 3.19. The van der Waals surface area contributed by atoms with Gasteiger partial charge in [0.2, 0.25) is 5.76 Å². The lowest BCUT2D eigenvalue weighted by Gasteiger charge is -2.03. The van der Waals surface area contributed by atoms with E-state index < -0.39 is 5.97 Å². The van der Waals surface area contributed by atoms with Crippen LogP contribution in [0.15, 0.2) is 34.1 Å². The number of methoxy groups -OCH3 is 1. The lowest BCUT2D eigenvalue weighted by atomic mass is 10.1. The van der Waals surface area contributed by atoms with Crippen LogP contribution in [-0.4, -0.2) is 18.1 Å². The van der Waals surface area contributed by atoms with Gasteiger partial charge in [0, 0.05) is 23.4 Å². The summed E-state index contributed by atoms with van der Waals surface area (Å²) in [5.41, 5.74) is 2.09. The Morgan fingerprint density at radius 2 is 2.14 bits per heavy atom. The number of rotatable bonds is 5. The predicted octanol–water partition coefficient (Wildman–Crippen LogP) is 3.70. The van der Waals surface area contributed by atoms with Gasteiger partial charge in [0.1, 0.15) is 12.2 Å². The van der Waals surface area contributed by atoms with Gasteiger partial charge in [-0.3, -0.25) is 0 Å². The molecule has 0 N–H and O–H groups in total. The zero-order valence-electron chi connectivity index (χ0n) is 12.3. The number of esters is 1. The van der Waals surface area contributed by atoms with Crippen molar-refractivity contribution in [3.8, 4) is 0 Å². The number of benzene rings is 1. The number of para-hydroxylation sites is 1. The van der Waals surface area contributed by atoms with E-state index in [9.17, 15) is 4.79 Å². The van der Waals surface area contributed by atoms with Gasteiger partial charge in [0.25, 0.3) is 0 Å². The first kappa shape index (κ1) is 14.7. The molecule has 0 bridgehead atoms. The Morgan fingerprint density at radius 1 is 1.32 bits per heavy atom. The largest absolute Gasteiger partial charge is 0.453 e. The molecule has 0 amide bonds. The van der Waals surface area contributed by atoms with E-state index in [1.165, 1.54) is 11.3 Å². The summed E-state index contributed by atoms with van der Waals surface area (Å²) in [7, 11) is 1.58. The third-order valence-corrected chi connectivity index (χ3v) is 4.01. The minimum absolute atomic E-state index is 0.132. The summed E-state index contributed by atoms with van der Waals surface area (Å²) in [4.78, 5) is 16.6. The van der Waals surface area contributed by atoms with Crippen molar-refractivity contribution in [1.29, 1.82) is 0 Å². The van der Waals surface area contributed by atoms with Crippen LogP contribution in [0.5, 0.6) is 0 Å². The summed E-state index contributed by atoms with van der Waals surface area (Å²) in [5.74, 6) is -0.316. The molecule has 0 aliphatic rings. The van der Waals surface area contributed by atoms with Gasteiger partial charge in [-0.1, -0.05) is 18.2 Å². The van der Waals surface area contributed by atoms with Crippen LogP contribution in [0.25, 0.3) is 11.0 Å². The fourth-order valence-electron chi connectivity index (χ4n) is 2.23. The van der Waals surface area contributed by atoms with E-state index >= 15 is 0 Å². The lowest BCUT2D eigenvalue weighted by molar-refractivity contribution is 0.0428. The molecule has 0 fully saturated rings. The SMILES string of the molecule is COCc1c(C(=O)OCc2csc(C)n2)oc2ccccc12. The van der Waals surface area contributed by atoms with Crippen LogP contribution < -0.4 is 0 Å². The van der Waals surface area contributed by atoms with E-state index in [-0.39, 0.29) is 19.0 Å². The van der Waals surface area contributed by atoms with Gasteiger partial charge in [-0.25, -0.2) is 9.78 Å². The fraction of sp³-hybridized carbons (Fsp3) is 0.250. The summed E-state index contributed by atoms with van der Waals surface area (Å²) >= 11 is 1.52. The highest BCUT2D eigenvalue weighted by Crippen LogP contribution is 2.27. The maximum atomic E-state index is 12.3. The van der Waals surface area contributed by atoms with E-state index in [4.69, 9.17) is 13.9 Å². The number of furan rings is 1. The molecule has 2 heterocycles. The van der Waals surface area contributed by atoms with Crippen LogP contribution in [0.3, 0.4) is 0 Å². The molecule has 5 nitrogen and oxygen atoms in total. The highest BCUT2D eigenvalue weighted by atomic mass is 32.1. The Labute approximate surface area is 131 Å². The van der Waals surface area contributed by atoms with Crippen LogP contribution in [-0.2, 0) is 22.7 Å².